The molecule has 14 heavy (non-hydrogen) atoms. The molecule has 0 aromatic carbocycles. The van der Waals surface area contributed by atoms with Crippen LogP contribution in [0.4, 0.5) is 4.79 Å². The van der Waals surface area contributed by atoms with Crippen LogP contribution >= 0.6 is 0 Å². The van der Waals surface area contributed by atoms with E-state index in [1.807, 2.05) is 13.8 Å². The van der Waals surface area contributed by atoms with Gasteiger partial charge >= 0.3 is 6.09 Å². The van der Waals surface area contributed by atoms with E-state index in [9.17, 15) is 4.79 Å². The Labute approximate surface area is 87.2 Å². The summed E-state index contributed by atoms with van der Waals surface area (Å²) in [5.41, 5.74) is 0. The van der Waals surface area contributed by atoms with Crippen molar-refractivity contribution >= 4 is 6.09 Å². The first-order valence-corrected chi connectivity index (χ1v) is 5.64. The van der Waals surface area contributed by atoms with E-state index >= 15 is 0 Å². The molecule has 0 aromatic heterocycles. The molecule has 0 aliphatic carbocycles. The first kappa shape index (κ1) is 13.3. The van der Waals surface area contributed by atoms with E-state index in [1.165, 1.54) is 19.3 Å². The van der Waals surface area contributed by atoms with Crippen molar-refractivity contribution in [2.24, 2.45) is 0 Å². The van der Waals surface area contributed by atoms with Crippen LogP contribution in [0.25, 0.3) is 0 Å². The number of rotatable bonds is 7. The molecule has 0 spiro atoms. The fourth-order valence-corrected chi connectivity index (χ4v) is 1.21. The molecule has 0 saturated carbocycles. The van der Waals surface area contributed by atoms with E-state index in [-0.39, 0.29) is 12.1 Å². The highest BCUT2D eigenvalue weighted by molar-refractivity contribution is 5.67. The highest BCUT2D eigenvalue weighted by Crippen LogP contribution is 2.02. The largest absolute Gasteiger partial charge is 0.450 e. The van der Waals surface area contributed by atoms with Gasteiger partial charge in [-0.25, -0.2) is 4.79 Å². The van der Waals surface area contributed by atoms with Gasteiger partial charge in [-0.3, -0.25) is 0 Å². The Morgan fingerprint density at radius 1 is 1.29 bits per heavy atom. The molecule has 0 aliphatic heterocycles. The molecule has 3 nitrogen and oxygen atoms in total. The van der Waals surface area contributed by atoms with Crippen molar-refractivity contribution in [2.75, 3.05) is 6.61 Å². The van der Waals surface area contributed by atoms with Crippen LogP contribution in [-0.2, 0) is 4.74 Å². The van der Waals surface area contributed by atoms with Gasteiger partial charge < -0.3 is 10.1 Å². The highest BCUT2D eigenvalue weighted by Gasteiger charge is 2.06. The lowest BCUT2D eigenvalue weighted by atomic mass is 10.1. The van der Waals surface area contributed by atoms with E-state index in [0.29, 0.717) is 6.61 Å². The second-order valence-corrected chi connectivity index (χ2v) is 3.68. The van der Waals surface area contributed by atoms with Gasteiger partial charge in [-0.1, -0.05) is 33.1 Å². The summed E-state index contributed by atoms with van der Waals surface area (Å²) < 4.78 is 4.92. The average molecular weight is 201 g/mol. The van der Waals surface area contributed by atoms with Gasteiger partial charge in [-0.05, 0) is 19.8 Å². The molecule has 0 saturated heterocycles. The monoisotopic (exact) mass is 201 g/mol. The summed E-state index contributed by atoms with van der Waals surface area (Å²) in [6, 6.07) is 0.228. The summed E-state index contributed by atoms with van der Waals surface area (Å²) in [6.45, 7) is 6.68. The molecular weight excluding hydrogens is 178 g/mol. The molecule has 1 N–H and O–H groups in total. The van der Waals surface area contributed by atoms with Crippen LogP contribution in [0.2, 0.25) is 0 Å². The minimum absolute atomic E-state index is 0.228. The third-order valence-electron chi connectivity index (χ3n) is 2.04. The van der Waals surface area contributed by atoms with Crippen molar-refractivity contribution in [3.05, 3.63) is 0 Å². The normalized spacial score (nSPS) is 12.2. The third kappa shape index (κ3) is 7.90. The van der Waals surface area contributed by atoms with Gasteiger partial charge in [0.1, 0.15) is 0 Å². The van der Waals surface area contributed by atoms with E-state index in [2.05, 4.69) is 12.2 Å². The van der Waals surface area contributed by atoms with E-state index in [1.54, 1.807) is 0 Å². The lowest BCUT2D eigenvalue weighted by Crippen LogP contribution is -2.33. The number of hydrogen-bond acceptors (Lipinski definition) is 2. The maximum absolute atomic E-state index is 11.1. The highest BCUT2D eigenvalue weighted by atomic mass is 16.5. The predicted octanol–water partition coefficient (Wildman–Crippen LogP) is 3.09. The lowest BCUT2D eigenvalue weighted by molar-refractivity contribution is 0.142. The maximum atomic E-state index is 11.1. The average Bonchev–Trinajstić information content (AvgIpc) is 2.15. The summed E-state index contributed by atoms with van der Waals surface area (Å²) in [5, 5.41) is 2.81. The Bertz CT molecular complexity index is 148. The number of hydrogen-bond donors (Lipinski definition) is 1. The summed E-state index contributed by atoms with van der Waals surface area (Å²) in [7, 11) is 0. The molecular formula is C11H23NO2. The SMILES string of the molecule is CCCCCC(C)NC(=O)OCCC. The van der Waals surface area contributed by atoms with E-state index in [0.717, 1.165) is 12.8 Å². The Morgan fingerprint density at radius 2 is 2.00 bits per heavy atom. The van der Waals surface area contributed by atoms with Gasteiger partial charge in [0.2, 0.25) is 0 Å². The maximum Gasteiger partial charge on any atom is 0.407 e. The Hall–Kier alpha value is -0.730. The molecule has 0 radical (unpaired) electrons. The van der Waals surface area contributed by atoms with Crippen molar-refractivity contribution in [1.29, 1.82) is 0 Å². The molecule has 0 aromatic rings. The number of carbonyl (C=O) groups is 1. The quantitative estimate of drug-likeness (QED) is 0.643. The summed E-state index contributed by atoms with van der Waals surface area (Å²) in [5.74, 6) is 0. The minimum Gasteiger partial charge on any atom is -0.450 e. The number of unbranched alkanes of at least 4 members (excludes halogenated alkanes) is 2. The van der Waals surface area contributed by atoms with Crippen LogP contribution in [0.5, 0.6) is 0 Å². The molecule has 1 atom stereocenters. The van der Waals surface area contributed by atoms with Crippen molar-refractivity contribution in [3.63, 3.8) is 0 Å². The fraction of sp³-hybridized carbons (Fsp3) is 0.909. The van der Waals surface area contributed by atoms with Crippen LogP contribution in [-0.4, -0.2) is 18.7 Å². The van der Waals surface area contributed by atoms with Crippen LogP contribution in [0.15, 0.2) is 0 Å². The second kappa shape index (κ2) is 8.85. The summed E-state index contributed by atoms with van der Waals surface area (Å²) >= 11 is 0. The molecule has 0 fully saturated rings. The van der Waals surface area contributed by atoms with Gasteiger partial charge in [0.25, 0.3) is 0 Å². The minimum atomic E-state index is -0.282. The van der Waals surface area contributed by atoms with E-state index in [4.69, 9.17) is 4.74 Å². The molecule has 1 amide bonds. The summed E-state index contributed by atoms with van der Waals surface area (Å²) in [4.78, 5) is 11.1. The molecule has 3 heteroatoms. The van der Waals surface area contributed by atoms with Crippen molar-refractivity contribution in [2.45, 2.75) is 58.9 Å². The lowest BCUT2D eigenvalue weighted by Gasteiger charge is -2.13. The predicted molar refractivity (Wildman–Crippen MR) is 58.4 cm³/mol. The Kier molecular flexibility index (Phi) is 8.39. The third-order valence-corrected chi connectivity index (χ3v) is 2.04. The molecule has 0 heterocycles. The molecule has 84 valence electrons. The number of alkyl carbamates (subject to hydrolysis) is 1. The van der Waals surface area contributed by atoms with Gasteiger partial charge in [0.15, 0.2) is 0 Å². The van der Waals surface area contributed by atoms with Crippen LogP contribution < -0.4 is 5.32 Å². The summed E-state index contributed by atoms with van der Waals surface area (Å²) in [6.07, 6.45) is 5.25. The zero-order valence-electron chi connectivity index (χ0n) is 9.64. The van der Waals surface area contributed by atoms with Gasteiger partial charge in [0, 0.05) is 6.04 Å². The molecule has 0 bridgehead atoms. The van der Waals surface area contributed by atoms with Crippen molar-refractivity contribution in [3.8, 4) is 0 Å². The number of nitrogens with one attached hydrogen (secondary N) is 1. The Balaban J connectivity index is 3.40. The molecule has 0 aliphatic rings. The van der Waals surface area contributed by atoms with Gasteiger partial charge in [0.05, 0.1) is 6.61 Å². The van der Waals surface area contributed by atoms with Crippen LogP contribution in [0.3, 0.4) is 0 Å². The number of amides is 1. The zero-order chi connectivity index (χ0) is 10.8. The van der Waals surface area contributed by atoms with Crippen molar-refractivity contribution in [1.82, 2.24) is 5.32 Å². The smallest absolute Gasteiger partial charge is 0.407 e. The standard InChI is InChI=1S/C11H23NO2/c1-4-6-7-8-10(3)12-11(13)14-9-5-2/h10H,4-9H2,1-3H3,(H,12,13). The van der Waals surface area contributed by atoms with Crippen LogP contribution in [0, 0.1) is 0 Å². The Morgan fingerprint density at radius 3 is 2.57 bits per heavy atom. The number of ether oxygens (including phenoxy) is 1. The van der Waals surface area contributed by atoms with E-state index < -0.39 is 0 Å². The zero-order valence-corrected chi connectivity index (χ0v) is 9.64. The van der Waals surface area contributed by atoms with Crippen LogP contribution in [0.1, 0.15) is 52.9 Å². The topological polar surface area (TPSA) is 38.3 Å². The van der Waals surface area contributed by atoms with Gasteiger partial charge in [-0.15, -0.1) is 0 Å². The first-order valence-electron chi connectivity index (χ1n) is 5.64. The molecule has 1 unspecified atom stereocenters. The number of carbonyl (C=O) groups excluding carboxylic acids is 1. The second-order valence-electron chi connectivity index (χ2n) is 3.68. The fourth-order valence-electron chi connectivity index (χ4n) is 1.21. The first-order chi connectivity index (χ1) is 6.70. The van der Waals surface area contributed by atoms with Gasteiger partial charge in [-0.2, -0.15) is 0 Å². The van der Waals surface area contributed by atoms with Crippen molar-refractivity contribution < 1.29 is 9.53 Å². The molecule has 0 rings (SSSR count).